The molecule has 0 saturated carbocycles. The highest BCUT2D eigenvalue weighted by Crippen LogP contribution is 2.24. The number of nitrogens with zero attached hydrogens (tertiary/aromatic N) is 1. The van der Waals surface area contributed by atoms with E-state index in [1.165, 1.54) is 27.8 Å². The molecule has 3 aromatic rings. The molecular formula is C27H29NO2. The Kier molecular flexibility index (Phi) is 7.18. The molecule has 0 aliphatic carbocycles. The Morgan fingerprint density at radius 1 is 0.967 bits per heavy atom. The Hall–Kier alpha value is -3.20. The van der Waals surface area contributed by atoms with Gasteiger partial charge in [0.1, 0.15) is 12.9 Å². The van der Waals surface area contributed by atoms with Crippen molar-refractivity contribution in [2.75, 3.05) is 6.61 Å². The van der Waals surface area contributed by atoms with Crippen LogP contribution in [0.15, 0.2) is 71.9 Å². The lowest BCUT2D eigenvalue weighted by Gasteiger charge is -2.18. The lowest BCUT2D eigenvalue weighted by atomic mass is 9.90. The second kappa shape index (κ2) is 10.0. The van der Waals surface area contributed by atoms with Gasteiger partial charge in [-0.3, -0.25) is 4.79 Å². The molecule has 0 radical (unpaired) electrons. The van der Waals surface area contributed by atoms with E-state index in [-0.39, 0.29) is 5.92 Å². The summed E-state index contributed by atoms with van der Waals surface area (Å²) >= 11 is 0. The van der Waals surface area contributed by atoms with Gasteiger partial charge in [-0.1, -0.05) is 77.4 Å². The van der Waals surface area contributed by atoms with Gasteiger partial charge in [0.05, 0.1) is 5.71 Å². The minimum atomic E-state index is 0.209. The Balaban J connectivity index is 1.76. The monoisotopic (exact) mass is 399 g/mol. The van der Waals surface area contributed by atoms with Crippen molar-refractivity contribution in [2.24, 2.45) is 5.16 Å². The molecule has 0 saturated heterocycles. The van der Waals surface area contributed by atoms with E-state index >= 15 is 0 Å². The molecule has 0 spiro atoms. The zero-order valence-electron chi connectivity index (χ0n) is 18.2. The van der Waals surface area contributed by atoms with Gasteiger partial charge in [0.2, 0.25) is 0 Å². The number of hydrogen-bond donors (Lipinski definition) is 0. The third-order valence-corrected chi connectivity index (χ3v) is 5.51. The molecule has 0 aliphatic rings. The number of oxime groups is 1. The number of benzene rings is 3. The average Bonchev–Trinajstić information content (AvgIpc) is 2.75. The van der Waals surface area contributed by atoms with Gasteiger partial charge in [-0.05, 0) is 61.9 Å². The van der Waals surface area contributed by atoms with Crippen LogP contribution in [-0.2, 0) is 11.3 Å². The highest BCUT2D eigenvalue weighted by Gasteiger charge is 2.15. The summed E-state index contributed by atoms with van der Waals surface area (Å²) in [5, 5.41) is 4.34. The average molecular weight is 400 g/mol. The zero-order valence-corrected chi connectivity index (χ0v) is 18.2. The molecule has 0 N–H and O–H groups in total. The Labute approximate surface area is 179 Å². The topological polar surface area (TPSA) is 38.7 Å². The van der Waals surface area contributed by atoms with Crippen LogP contribution in [0.5, 0.6) is 0 Å². The van der Waals surface area contributed by atoms with Crippen LogP contribution in [-0.4, -0.2) is 18.6 Å². The molecule has 0 amide bonds. The molecular weight excluding hydrogens is 370 g/mol. The lowest BCUT2D eigenvalue weighted by molar-refractivity contribution is 0.112. The number of carbonyl (C=O) groups excluding carboxylic acids is 1. The molecule has 0 heterocycles. The van der Waals surface area contributed by atoms with Crippen molar-refractivity contribution in [3.63, 3.8) is 0 Å². The van der Waals surface area contributed by atoms with Crippen LogP contribution in [0, 0.1) is 20.8 Å². The molecule has 1 atom stereocenters. The number of aldehydes is 1. The number of hydrogen-bond acceptors (Lipinski definition) is 3. The van der Waals surface area contributed by atoms with Gasteiger partial charge in [0.15, 0.2) is 0 Å². The van der Waals surface area contributed by atoms with E-state index in [4.69, 9.17) is 4.84 Å². The van der Waals surface area contributed by atoms with Crippen molar-refractivity contribution in [1.82, 2.24) is 0 Å². The summed E-state index contributed by atoms with van der Waals surface area (Å²) in [7, 11) is 0. The molecule has 3 rings (SSSR count). The van der Waals surface area contributed by atoms with Crippen LogP contribution in [0.2, 0.25) is 0 Å². The molecule has 1 unspecified atom stereocenters. The Bertz CT molecular complexity index is 1030. The van der Waals surface area contributed by atoms with E-state index in [1.807, 2.05) is 19.1 Å². The van der Waals surface area contributed by atoms with Crippen molar-refractivity contribution >= 4 is 12.0 Å². The third kappa shape index (κ3) is 5.66. The van der Waals surface area contributed by atoms with Crippen molar-refractivity contribution in [2.45, 2.75) is 40.0 Å². The smallest absolute Gasteiger partial charge is 0.150 e. The first kappa shape index (κ1) is 21.5. The fourth-order valence-corrected chi connectivity index (χ4v) is 3.49. The second-order valence-corrected chi connectivity index (χ2v) is 7.95. The van der Waals surface area contributed by atoms with Crippen LogP contribution < -0.4 is 0 Å². The van der Waals surface area contributed by atoms with E-state index < -0.39 is 0 Å². The Morgan fingerprint density at radius 2 is 1.73 bits per heavy atom. The third-order valence-electron chi connectivity index (χ3n) is 5.51. The fraction of sp³-hybridized carbons (Fsp3) is 0.259. The van der Waals surface area contributed by atoms with Gasteiger partial charge < -0.3 is 4.84 Å². The van der Waals surface area contributed by atoms with Gasteiger partial charge >= 0.3 is 0 Å². The first-order chi connectivity index (χ1) is 14.5. The quantitative estimate of drug-likeness (QED) is 0.257. The van der Waals surface area contributed by atoms with Gasteiger partial charge in [0, 0.05) is 11.5 Å². The van der Waals surface area contributed by atoms with E-state index in [9.17, 15) is 4.79 Å². The predicted octanol–water partition coefficient (Wildman–Crippen LogP) is 6.19. The molecule has 0 bridgehead atoms. The molecule has 3 aromatic carbocycles. The van der Waals surface area contributed by atoms with Crippen LogP contribution in [0.1, 0.15) is 56.6 Å². The highest BCUT2D eigenvalue weighted by atomic mass is 16.6. The zero-order chi connectivity index (χ0) is 21.5. The van der Waals surface area contributed by atoms with Crippen molar-refractivity contribution in [1.29, 1.82) is 0 Å². The van der Waals surface area contributed by atoms with E-state index in [2.05, 4.69) is 68.4 Å². The molecule has 0 aliphatic heterocycles. The summed E-state index contributed by atoms with van der Waals surface area (Å²) in [4.78, 5) is 16.6. The van der Waals surface area contributed by atoms with E-state index in [0.29, 0.717) is 12.2 Å². The number of rotatable bonds is 8. The van der Waals surface area contributed by atoms with E-state index in [0.717, 1.165) is 24.0 Å². The van der Waals surface area contributed by atoms with Crippen LogP contribution in [0.3, 0.4) is 0 Å². The summed E-state index contributed by atoms with van der Waals surface area (Å²) in [5.74, 6) is 0.209. The van der Waals surface area contributed by atoms with Crippen molar-refractivity contribution < 1.29 is 9.63 Å². The fourth-order valence-electron chi connectivity index (χ4n) is 3.49. The normalized spacial score (nSPS) is 12.5. The Morgan fingerprint density at radius 3 is 2.40 bits per heavy atom. The predicted molar refractivity (Wildman–Crippen MR) is 124 cm³/mol. The summed E-state index contributed by atoms with van der Waals surface area (Å²) in [6, 6.07) is 22.6. The minimum Gasteiger partial charge on any atom is -0.395 e. The molecule has 3 heteroatoms. The minimum absolute atomic E-state index is 0.209. The summed E-state index contributed by atoms with van der Waals surface area (Å²) < 4.78 is 0. The first-order valence-electron chi connectivity index (χ1n) is 10.3. The maximum Gasteiger partial charge on any atom is 0.150 e. The molecule has 154 valence electrons. The SMILES string of the molecule is CC(=NOCC(Cc1ccc(C)c(C)c1)c1cccc(C)c1)c1ccc(C=O)cc1. The van der Waals surface area contributed by atoms with Gasteiger partial charge in [-0.25, -0.2) is 0 Å². The van der Waals surface area contributed by atoms with Crippen molar-refractivity contribution in [3.05, 3.63) is 106 Å². The number of aryl methyl sites for hydroxylation is 3. The molecule has 0 fully saturated rings. The van der Waals surface area contributed by atoms with Crippen LogP contribution in [0.25, 0.3) is 0 Å². The van der Waals surface area contributed by atoms with Crippen molar-refractivity contribution in [3.8, 4) is 0 Å². The highest BCUT2D eigenvalue weighted by molar-refractivity contribution is 5.98. The number of carbonyl (C=O) groups is 1. The maximum atomic E-state index is 10.8. The summed E-state index contributed by atoms with van der Waals surface area (Å²) in [6.45, 7) is 8.82. The largest absolute Gasteiger partial charge is 0.395 e. The van der Waals surface area contributed by atoms with Gasteiger partial charge in [-0.2, -0.15) is 0 Å². The standard InChI is InChI=1S/C27H29NO2/c1-19-6-5-7-26(14-19)27(16-24-9-8-20(2)21(3)15-24)18-30-28-22(4)25-12-10-23(17-29)11-13-25/h5-15,17,27H,16,18H2,1-4H3. The van der Waals surface area contributed by atoms with Gasteiger partial charge in [-0.15, -0.1) is 0 Å². The molecule has 0 aromatic heterocycles. The lowest BCUT2D eigenvalue weighted by Crippen LogP contribution is -2.11. The van der Waals surface area contributed by atoms with Crippen LogP contribution >= 0.6 is 0 Å². The maximum absolute atomic E-state index is 10.8. The van der Waals surface area contributed by atoms with Crippen LogP contribution in [0.4, 0.5) is 0 Å². The van der Waals surface area contributed by atoms with Gasteiger partial charge in [0.25, 0.3) is 0 Å². The molecule has 30 heavy (non-hydrogen) atoms. The van der Waals surface area contributed by atoms with E-state index in [1.54, 1.807) is 12.1 Å². The first-order valence-corrected chi connectivity index (χ1v) is 10.3. The second-order valence-electron chi connectivity index (χ2n) is 7.95. The molecule has 3 nitrogen and oxygen atoms in total. The summed E-state index contributed by atoms with van der Waals surface area (Å²) in [6.07, 6.45) is 1.74. The summed E-state index contributed by atoms with van der Waals surface area (Å²) in [5.41, 5.74) is 8.82.